The fraction of sp³-hybridized carbons (Fsp3) is 0.240. The molecule has 0 amide bonds. The standard InChI is InChI=1S/C25H27N/c1-3-5-6-9-21(8-4-2)10-7-11-22-12-16-24(17-13-22)25-18-14-23(20-26)15-19-25/h4,7-8,10,12-19H,2-3,5-6,9,11H2,1H3/b10-7-,21-8-. The third kappa shape index (κ3) is 6.22. The molecule has 0 aliphatic carbocycles. The Labute approximate surface area is 158 Å². The van der Waals surface area contributed by atoms with E-state index < -0.39 is 0 Å². The third-order valence-electron chi connectivity index (χ3n) is 4.39. The van der Waals surface area contributed by atoms with Crippen molar-refractivity contribution in [3.05, 3.63) is 96.1 Å². The molecular weight excluding hydrogens is 314 g/mol. The Morgan fingerprint density at radius 1 is 1.00 bits per heavy atom. The van der Waals surface area contributed by atoms with Gasteiger partial charge in [0.05, 0.1) is 11.6 Å². The number of benzene rings is 2. The largest absolute Gasteiger partial charge is 0.192 e. The van der Waals surface area contributed by atoms with Crippen LogP contribution >= 0.6 is 0 Å². The molecule has 0 saturated carbocycles. The molecule has 0 spiro atoms. The summed E-state index contributed by atoms with van der Waals surface area (Å²) in [6.07, 6.45) is 14.3. The molecule has 0 saturated heterocycles. The summed E-state index contributed by atoms with van der Waals surface area (Å²) in [6.45, 7) is 6.05. The zero-order valence-corrected chi connectivity index (χ0v) is 15.6. The highest BCUT2D eigenvalue weighted by Crippen LogP contribution is 2.20. The van der Waals surface area contributed by atoms with E-state index in [1.54, 1.807) is 0 Å². The molecule has 1 heteroatoms. The van der Waals surface area contributed by atoms with Crippen LogP contribution in [0.5, 0.6) is 0 Å². The van der Waals surface area contributed by atoms with E-state index in [-0.39, 0.29) is 0 Å². The van der Waals surface area contributed by atoms with Crippen molar-refractivity contribution >= 4 is 0 Å². The van der Waals surface area contributed by atoms with Crippen molar-refractivity contribution < 1.29 is 0 Å². The predicted octanol–water partition coefficient (Wildman–Crippen LogP) is 7.02. The van der Waals surface area contributed by atoms with Gasteiger partial charge in [0.2, 0.25) is 0 Å². The third-order valence-corrected chi connectivity index (χ3v) is 4.39. The Morgan fingerprint density at radius 3 is 2.23 bits per heavy atom. The maximum atomic E-state index is 8.89. The van der Waals surface area contributed by atoms with Gasteiger partial charge in [-0.15, -0.1) is 0 Å². The van der Waals surface area contributed by atoms with E-state index in [1.165, 1.54) is 36.0 Å². The number of allylic oxidation sites excluding steroid dienone is 5. The quantitative estimate of drug-likeness (QED) is 0.355. The van der Waals surface area contributed by atoms with Gasteiger partial charge in [-0.25, -0.2) is 0 Å². The average Bonchev–Trinajstić information content (AvgIpc) is 2.69. The minimum absolute atomic E-state index is 0.692. The van der Waals surface area contributed by atoms with Gasteiger partial charge in [-0.1, -0.05) is 87.0 Å². The lowest BCUT2D eigenvalue weighted by Crippen LogP contribution is -1.85. The second kappa shape index (κ2) is 10.9. The summed E-state index contributed by atoms with van der Waals surface area (Å²) in [7, 11) is 0. The van der Waals surface area contributed by atoms with E-state index >= 15 is 0 Å². The summed E-state index contributed by atoms with van der Waals surface area (Å²) in [5, 5.41) is 8.89. The van der Waals surface area contributed by atoms with E-state index in [0.29, 0.717) is 5.56 Å². The first-order valence-corrected chi connectivity index (χ1v) is 9.34. The molecular formula is C25H27N. The number of hydrogen-bond donors (Lipinski definition) is 0. The molecule has 2 aromatic carbocycles. The highest BCUT2D eigenvalue weighted by atomic mass is 14.2. The average molecular weight is 341 g/mol. The Balaban J connectivity index is 1.96. The first-order valence-electron chi connectivity index (χ1n) is 9.34. The first kappa shape index (κ1) is 19.5. The zero-order chi connectivity index (χ0) is 18.6. The van der Waals surface area contributed by atoms with Gasteiger partial charge in [-0.2, -0.15) is 5.26 Å². The molecule has 0 heterocycles. The van der Waals surface area contributed by atoms with Crippen LogP contribution in [-0.2, 0) is 6.42 Å². The van der Waals surface area contributed by atoms with Crippen molar-refractivity contribution in [3.63, 3.8) is 0 Å². The van der Waals surface area contributed by atoms with Crippen LogP contribution in [0.1, 0.15) is 43.7 Å². The molecule has 2 rings (SSSR count). The molecule has 0 radical (unpaired) electrons. The van der Waals surface area contributed by atoms with Crippen LogP contribution in [0.15, 0.2) is 85.0 Å². The molecule has 0 aliphatic heterocycles. The van der Waals surface area contributed by atoms with Crippen molar-refractivity contribution in [3.8, 4) is 17.2 Å². The molecule has 0 atom stereocenters. The van der Waals surface area contributed by atoms with Crippen molar-refractivity contribution in [2.75, 3.05) is 0 Å². The van der Waals surface area contributed by atoms with Crippen LogP contribution in [-0.4, -0.2) is 0 Å². The molecule has 0 aliphatic rings. The highest BCUT2D eigenvalue weighted by Gasteiger charge is 1.99. The van der Waals surface area contributed by atoms with Crippen LogP contribution < -0.4 is 0 Å². The number of nitrogens with zero attached hydrogens (tertiary/aromatic N) is 1. The Bertz CT molecular complexity index is 784. The topological polar surface area (TPSA) is 23.8 Å². The summed E-state index contributed by atoms with van der Waals surface area (Å²) >= 11 is 0. The molecule has 0 bridgehead atoms. The molecule has 0 aromatic heterocycles. The second-order valence-electron chi connectivity index (χ2n) is 6.43. The van der Waals surface area contributed by atoms with Crippen LogP contribution in [0.4, 0.5) is 0 Å². The fourth-order valence-corrected chi connectivity index (χ4v) is 2.87. The lowest BCUT2D eigenvalue weighted by atomic mass is 10.0. The van der Waals surface area contributed by atoms with Gasteiger partial charge in [0.15, 0.2) is 0 Å². The lowest BCUT2D eigenvalue weighted by Gasteiger charge is -2.04. The Morgan fingerprint density at radius 2 is 1.65 bits per heavy atom. The predicted molar refractivity (Wildman–Crippen MR) is 112 cm³/mol. The molecule has 2 aromatic rings. The van der Waals surface area contributed by atoms with Gasteiger partial charge in [0.1, 0.15) is 0 Å². The summed E-state index contributed by atoms with van der Waals surface area (Å²) in [5.41, 5.74) is 5.65. The summed E-state index contributed by atoms with van der Waals surface area (Å²) in [6, 6.07) is 18.5. The molecule has 0 fully saturated rings. The van der Waals surface area contributed by atoms with Crippen LogP contribution in [0.3, 0.4) is 0 Å². The van der Waals surface area contributed by atoms with E-state index in [4.69, 9.17) is 5.26 Å². The molecule has 26 heavy (non-hydrogen) atoms. The minimum Gasteiger partial charge on any atom is -0.192 e. The van der Waals surface area contributed by atoms with Crippen molar-refractivity contribution in [1.29, 1.82) is 5.26 Å². The van der Waals surface area contributed by atoms with Gasteiger partial charge in [0.25, 0.3) is 0 Å². The SMILES string of the molecule is C=C/C=C(\C=C/Cc1ccc(-c2ccc(C#N)cc2)cc1)CCCCC. The highest BCUT2D eigenvalue weighted by molar-refractivity contribution is 5.64. The van der Waals surface area contributed by atoms with E-state index in [9.17, 15) is 0 Å². The number of unbranched alkanes of at least 4 members (excludes halogenated alkanes) is 2. The molecule has 132 valence electrons. The van der Waals surface area contributed by atoms with Crippen molar-refractivity contribution in [1.82, 2.24) is 0 Å². The molecule has 0 N–H and O–H groups in total. The van der Waals surface area contributed by atoms with Crippen LogP contribution in [0, 0.1) is 11.3 Å². The molecule has 0 unspecified atom stereocenters. The van der Waals surface area contributed by atoms with E-state index in [0.717, 1.165) is 18.4 Å². The van der Waals surface area contributed by atoms with Crippen molar-refractivity contribution in [2.45, 2.75) is 39.0 Å². The van der Waals surface area contributed by atoms with Crippen molar-refractivity contribution in [2.24, 2.45) is 0 Å². The van der Waals surface area contributed by atoms with Crippen LogP contribution in [0.2, 0.25) is 0 Å². The maximum absolute atomic E-state index is 8.89. The first-order chi connectivity index (χ1) is 12.8. The Kier molecular flexibility index (Phi) is 8.16. The second-order valence-corrected chi connectivity index (χ2v) is 6.43. The van der Waals surface area contributed by atoms with Gasteiger partial charge < -0.3 is 0 Å². The number of nitriles is 1. The fourth-order valence-electron chi connectivity index (χ4n) is 2.87. The van der Waals surface area contributed by atoms with Gasteiger partial charge in [-0.05, 0) is 53.7 Å². The van der Waals surface area contributed by atoms with E-state index in [1.807, 2.05) is 30.3 Å². The van der Waals surface area contributed by atoms with Gasteiger partial charge in [0, 0.05) is 0 Å². The summed E-state index contributed by atoms with van der Waals surface area (Å²) in [5.74, 6) is 0. The lowest BCUT2D eigenvalue weighted by molar-refractivity contribution is 0.719. The maximum Gasteiger partial charge on any atom is 0.0991 e. The number of hydrogen-bond acceptors (Lipinski definition) is 1. The van der Waals surface area contributed by atoms with Gasteiger partial charge >= 0.3 is 0 Å². The minimum atomic E-state index is 0.692. The molecule has 1 nitrogen and oxygen atoms in total. The normalized spacial score (nSPS) is 11.5. The van der Waals surface area contributed by atoms with Gasteiger partial charge in [-0.3, -0.25) is 0 Å². The van der Waals surface area contributed by atoms with E-state index in [2.05, 4.69) is 62.1 Å². The summed E-state index contributed by atoms with van der Waals surface area (Å²) < 4.78 is 0. The smallest absolute Gasteiger partial charge is 0.0991 e. The zero-order valence-electron chi connectivity index (χ0n) is 15.6. The number of rotatable bonds is 9. The van der Waals surface area contributed by atoms with Crippen LogP contribution in [0.25, 0.3) is 11.1 Å². The Hall–Kier alpha value is -2.85. The summed E-state index contributed by atoms with van der Waals surface area (Å²) in [4.78, 5) is 0. The monoisotopic (exact) mass is 341 g/mol.